The molecule has 126 valence electrons. The molecule has 1 aliphatic rings. The van der Waals surface area contributed by atoms with E-state index in [1.54, 1.807) is 7.11 Å². The van der Waals surface area contributed by atoms with Crippen LogP contribution in [0.2, 0.25) is 0 Å². The summed E-state index contributed by atoms with van der Waals surface area (Å²) in [5, 5.41) is 11.6. The molecule has 1 aromatic carbocycles. The third-order valence-electron chi connectivity index (χ3n) is 4.13. The van der Waals surface area contributed by atoms with Crippen molar-refractivity contribution in [2.45, 2.75) is 26.5 Å². The van der Waals surface area contributed by atoms with Gasteiger partial charge in [0.05, 0.1) is 12.3 Å². The molecule has 0 spiro atoms. The van der Waals surface area contributed by atoms with Gasteiger partial charge in [0.25, 0.3) is 5.91 Å². The summed E-state index contributed by atoms with van der Waals surface area (Å²) in [6.07, 6.45) is 0.729. The number of ether oxygens (including phenoxy) is 1. The summed E-state index contributed by atoms with van der Waals surface area (Å²) < 4.78 is 5.21. The maximum atomic E-state index is 12.9. The Labute approximate surface area is 141 Å². The lowest BCUT2D eigenvalue weighted by molar-refractivity contribution is 0.0728. The minimum Gasteiger partial charge on any atom is -0.380 e. The highest BCUT2D eigenvalue weighted by Crippen LogP contribution is 2.22. The molecule has 1 N–H and O–H groups in total. The van der Waals surface area contributed by atoms with E-state index in [0.29, 0.717) is 25.3 Å². The maximum absolute atomic E-state index is 12.9. The second-order valence-electron chi connectivity index (χ2n) is 5.80. The van der Waals surface area contributed by atoms with Crippen LogP contribution in [0.4, 0.5) is 5.82 Å². The zero-order valence-electron chi connectivity index (χ0n) is 14.1. The van der Waals surface area contributed by atoms with Crippen LogP contribution in [0.5, 0.6) is 0 Å². The van der Waals surface area contributed by atoms with E-state index >= 15 is 0 Å². The molecule has 2 aromatic rings. The van der Waals surface area contributed by atoms with E-state index < -0.39 is 0 Å². The monoisotopic (exact) mass is 326 g/mol. The summed E-state index contributed by atoms with van der Waals surface area (Å²) in [6.45, 7) is 4.46. The lowest BCUT2D eigenvalue weighted by Crippen LogP contribution is -2.37. The summed E-state index contributed by atoms with van der Waals surface area (Å²) in [4.78, 5) is 14.8. The van der Waals surface area contributed by atoms with Crippen molar-refractivity contribution in [2.75, 3.05) is 25.5 Å². The molecule has 6 nitrogen and oxygen atoms in total. The van der Waals surface area contributed by atoms with Crippen molar-refractivity contribution in [3.8, 4) is 0 Å². The van der Waals surface area contributed by atoms with Crippen LogP contribution < -0.4 is 5.32 Å². The molecule has 0 aliphatic carbocycles. The van der Waals surface area contributed by atoms with Crippen molar-refractivity contribution in [3.63, 3.8) is 0 Å². The van der Waals surface area contributed by atoms with Crippen molar-refractivity contribution in [2.24, 2.45) is 0 Å². The van der Waals surface area contributed by atoms with Crippen molar-refractivity contribution in [1.82, 2.24) is 15.1 Å². The van der Waals surface area contributed by atoms with Crippen molar-refractivity contribution >= 4 is 11.7 Å². The number of hydrogen-bond donors (Lipinski definition) is 1. The van der Waals surface area contributed by atoms with Gasteiger partial charge in [0.2, 0.25) is 0 Å². The summed E-state index contributed by atoms with van der Waals surface area (Å²) in [7, 11) is 1.64. The molecule has 0 unspecified atom stereocenters. The normalized spacial score (nSPS) is 13.5. The quantitative estimate of drug-likeness (QED) is 0.913. The Morgan fingerprint density at radius 1 is 1.33 bits per heavy atom. The number of hydrogen-bond acceptors (Lipinski definition) is 5. The molecule has 0 fully saturated rings. The highest BCUT2D eigenvalue weighted by Gasteiger charge is 2.24. The molecular formula is C18H22N4O2. The van der Waals surface area contributed by atoms with Gasteiger partial charge in [-0.25, -0.2) is 0 Å². The summed E-state index contributed by atoms with van der Waals surface area (Å²) in [6, 6.07) is 9.60. The summed E-state index contributed by atoms with van der Waals surface area (Å²) >= 11 is 0. The smallest absolute Gasteiger partial charge is 0.254 e. The van der Waals surface area contributed by atoms with Crippen molar-refractivity contribution in [1.29, 1.82) is 0 Å². The fourth-order valence-electron chi connectivity index (χ4n) is 2.95. The van der Waals surface area contributed by atoms with Crippen LogP contribution in [0.1, 0.15) is 34.1 Å². The van der Waals surface area contributed by atoms with Gasteiger partial charge >= 0.3 is 0 Å². The first-order valence-corrected chi connectivity index (χ1v) is 8.18. The summed E-state index contributed by atoms with van der Waals surface area (Å²) in [5.74, 6) is 0.792. The highest BCUT2D eigenvalue weighted by molar-refractivity contribution is 5.95. The van der Waals surface area contributed by atoms with Gasteiger partial charge < -0.3 is 15.0 Å². The van der Waals surface area contributed by atoms with E-state index in [1.165, 1.54) is 0 Å². The van der Waals surface area contributed by atoms with Gasteiger partial charge in [0, 0.05) is 38.7 Å². The highest BCUT2D eigenvalue weighted by atomic mass is 16.5. The van der Waals surface area contributed by atoms with Gasteiger partial charge in [-0.1, -0.05) is 18.2 Å². The van der Waals surface area contributed by atoms with E-state index in [-0.39, 0.29) is 5.91 Å². The molecule has 0 saturated heterocycles. The van der Waals surface area contributed by atoms with E-state index in [9.17, 15) is 4.79 Å². The van der Waals surface area contributed by atoms with Crippen LogP contribution in [-0.4, -0.2) is 41.2 Å². The first kappa shape index (κ1) is 16.4. The SMILES string of the molecule is CCNc1cc2c(nn1)CCN(C(=O)c1ccccc1COC)C2. The number of nitrogens with zero attached hydrogens (tertiary/aromatic N) is 3. The lowest BCUT2D eigenvalue weighted by Gasteiger charge is -2.29. The van der Waals surface area contributed by atoms with Crippen LogP contribution in [0.25, 0.3) is 0 Å². The number of amides is 1. The van der Waals surface area contributed by atoms with Gasteiger partial charge in [-0.15, -0.1) is 5.10 Å². The molecule has 0 radical (unpaired) electrons. The number of fused-ring (bicyclic) bond motifs is 1. The van der Waals surface area contributed by atoms with Gasteiger partial charge in [0.1, 0.15) is 5.82 Å². The number of methoxy groups -OCH3 is 1. The molecule has 6 heteroatoms. The first-order valence-electron chi connectivity index (χ1n) is 8.18. The Hall–Kier alpha value is -2.47. The molecule has 0 saturated carbocycles. The Bertz CT molecular complexity index is 733. The number of carbonyl (C=O) groups excluding carboxylic acids is 1. The van der Waals surface area contributed by atoms with E-state index in [2.05, 4.69) is 15.5 Å². The van der Waals surface area contributed by atoms with Crippen molar-refractivity contribution in [3.05, 3.63) is 52.7 Å². The Morgan fingerprint density at radius 3 is 2.96 bits per heavy atom. The summed E-state index contributed by atoms with van der Waals surface area (Å²) in [5.41, 5.74) is 3.66. The second kappa shape index (κ2) is 7.40. The minimum atomic E-state index is 0.0371. The Morgan fingerprint density at radius 2 is 2.17 bits per heavy atom. The standard InChI is InChI=1S/C18H22N4O2/c1-3-19-17-10-14-11-22(9-8-16(14)20-21-17)18(23)15-7-5-4-6-13(15)12-24-2/h4-7,10H,3,8-9,11-12H2,1-2H3,(H,19,21). The predicted molar refractivity (Wildman–Crippen MR) is 91.8 cm³/mol. The number of anilines is 1. The molecule has 1 aliphatic heterocycles. The third-order valence-corrected chi connectivity index (χ3v) is 4.13. The number of aromatic nitrogens is 2. The van der Waals surface area contributed by atoms with E-state index in [4.69, 9.17) is 4.74 Å². The van der Waals surface area contributed by atoms with E-state index in [1.807, 2.05) is 42.2 Å². The Balaban J connectivity index is 1.82. The molecule has 3 rings (SSSR count). The maximum Gasteiger partial charge on any atom is 0.254 e. The molecule has 0 atom stereocenters. The largest absolute Gasteiger partial charge is 0.380 e. The van der Waals surface area contributed by atoms with Gasteiger partial charge in [-0.2, -0.15) is 5.10 Å². The third kappa shape index (κ3) is 3.38. The van der Waals surface area contributed by atoms with Crippen LogP contribution in [-0.2, 0) is 24.3 Å². The van der Waals surface area contributed by atoms with Crippen LogP contribution in [0, 0.1) is 0 Å². The number of benzene rings is 1. The van der Waals surface area contributed by atoms with Gasteiger partial charge in [-0.3, -0.25) is 4.79 Å². The van der Waals surface area contributed by atoms with Crippen LogP contribution >= 0.6 is 0 Å². The first-order chi connectivity index (χ1) is 11.7. The molecule has 1 aromatic heterocycles. The van der Waals surface area contributed by atoms with Gasteiger partial charge in [-0.05, 0) is 30.2 Å². The van der Waals surface area contributed by atoms with Crippen LogP contribution in [0.15, 0.2) is 30.3 Å². The fraction of sp³-hybridized carbons (Fsp3) is 0.389. The average molecular weight is 326 g/mol. The number of nitrogens with one attached hydrogen (secondary N) is 1. The molecule has 0 bridgehead atoms. The lowest BCUT2D eigenvalue weighted by atomic mass is 10.0. The zero-order chi connectivity index (χ0) is 16.9. The van der Waals surface area contributed by atoms with Crippen molar-refractivity contribution < 1.29 is 9.53 Å². The predicted octanol–water partition coefficient (Wildman–Crippen LogP) is 2.25. The Kier molecular flexibility index (Phi) is 5.05. The topological polar surface area (TPSA) is 67.4 Å². The zero-order valence-corrected chi connectivity index (χ0v) is 14.1. The fourth-order valence-corrected chi connectivity index (χ4v) is 2.95. The van der Waals surface area contributed by atoms with E-state index in [0.717, 1.165) is 35.6 Å². The van der Waals surface area contributed by atoms with Crippen LogP contribution in [0.3, 0.4) is 0 Å². The second-order valence-corrected chi connectivity index (χ2v) is 5.80. The minimum absolute atomic E-state index is 0.0371. The average Bonchev–Trinajstić information content (AvgIpc) is 2.61. The molecule has 2 heterocycles. The molecule has 24 heavy (non-hydrogen) atoms. The number of carbonyl (C=O) groups is 1. The molecular weight excluding hydrogens is 304 g/mol. The number of rotatable bonds is 5. The van der Waals surface area contributed by atoms with Gasteiger partial charge in [0.15, 0.2) is 0 Å². The molecule has 1 amide bonds.